The van der Waals surface area contributed by atoms with E-state index in [2.05, 4.69) is 76.9 Å². The fraction of sp³-hybridized carbons (Fsp3) is 0.296. The van der Waals surface area contributed by atoms with E-state index in [0.29, 0.717) is 0 Å². The fourth-order valence-electron chi connectivity index (χ4n) is 5.20. The van der Waals surface area contributed by atoms with Crippen molar-refractivity contribution >= 4 is 22.1 Å². The van der Waals surface area contributed by atoms with Crippen LogP contribution in [0.3, 0.4) is 0 Å². The zero-order valence-electron chi connectivity index (χ0n) is 18.8. The van der Waals surface area contributed by atoms with Crippen LogP contribution in [0.5, 0.6) is 0 Å². The zero-order chi connectivity index (χ0) is 22.9. The highest BCUT2D eigenvalue weighted by Crippen LogP contribution is 2.36. The number of fused-ring (bicyclic) bond motifs is 1. The standard InChI is InChI=1S/C27H29N3O2S/c1-27(23-11-4-2-5-12-23,24-13-6-3-7-14-24)21-29-18-16-25(17-19-29)30-26-15-9-8-10-22(26)20-28-33(30,31)32/h2-15,20,25H,16-19,21H2,1H3. The van der Waals surface area contributed by atoms with Crippen LogP contribution in [0.25, 0.3) is 0 Å². The number of anilines is 1. The van der Waals surface area contributed by atoms with Gasteiger partial charge in [0.1, 0.15) is 0 Å². The molecule has 0 amide bonds. The van der Waals surface area contributed by atoms with Crippen LogP contribution in [0.1, 0.15) is 36.5 Å². The minimum Gasteiger partial charge on any atom is -0.302 e. The largest absolute Gasteiger partial charge is 0.344 e. The Morgan fingerprint density at radius 3 is 2.00 bits per heavy atom. The maximum Gasteiger partial charge on any atom is 0.344 e. The first-order valence-electron chi connectivity index (χ1n) is 11.5. The molecule has 3 aromatic rings. The summed E-state index contributed by atoms with van der Waals surface area (Å²) >= 11 is 0. The van der Waals surface area contributed by atoms with Gasteiger partial charge in [-0.2, -0.15) is 12.8 Å². The molecule has 0 saturated carbocycles. The number of piperidine rings is 1. The average Bonchev–Trinajstić information content (AvgIpc) is 2.85. The maximum atomic E-state index is 12.8. The molecule has 2 aliphatic heterocycles. The molecule has 0 aromatic heterocycles. The molecule has 0 unspecified atom stereocenters. The molecule has 2 aliphatic rings. The average molecular weight is 460 g/mol. The van der Waals surface area contributed by atoms with Gasteiger partial charge in [0.15, 0.2) is 0 Å². The molecule has 6 heteroatoms. The third-order valence-corrected chi connectivity index (χ3v) is 8.36. The van der Waals surface area contributed by atoms with Gasteiger partial charge in [0.2, 0.25) is 0 Å². The molecule has 3 aromatic carbocycles. The van der Waals surface area contributed by atoms with Gasteiger partial charge in [-0.25, -0.2) is 4.31 Å². The van der Waals surface area contributed by atoms with E-state index in [1.54, 1.807) is 4.31 Å². The lowest BCUT2D eigenvalue weighted by Gasteiger charge is -2.42. The van der Waals surface area contributed by atoms with Gasteiger partial charge in [-0.05, 0) is 30.0 Å². The molecular formula is C27H29N3O2S. The van der Waals surface area contributed by atoms with E-state index in [-0.39, 0.29) is 11.5 Å². The Balaban J connectivity index is 1.36. The van der Waals surface area contributed by atoms with Gasteiger partial charge in [-0.1, -0.05) is 85.8 Å². The lowest BCUT2D eigenvalue weighted by atomic mass is 9.75. The molecule has 1 saturated heterocycles. The second-order valence-electron chi connectivity index (χ2n) is 9.14. The van der Waals surface area contributed by atoms with Gasteiger partial charge in [0, 0.05) is 36.7 Å². The Morgan fingerprint density at radius 2 is 1.39 bits per heavy atom. The van der Waals surface area contributed by atoms with E-state index < -0.39 is 10.2 Å². The first kappa shape index (κ1) is 21.9. The molecule has 5 nitrogen and oxygen atoms in total. The number of rotatable bonds is 5. The maximum absolute atomic E-state index is 12.8. The van der Waals surface area contributed by atoms with E-state index in [1.165, 1.54) is 17.3 Å². The molecule has 33 heavy (non-hydrogen) atoms. The summed E-state index contributed by atoms with van der Waals surface area (Å²) in [4.78, 5) is 2.47. The number of likely N-dealkylation sites (tertiary alicyclic amines) is 1. The third kappa shape index (κ3) is 4.21. The summed E-state index contributed by atoms with van der Waals surface area (Å²) in [7, 11) is -3.69. The van der Waals surface area contributed by atoms with E-state index in [1.807, 2.05) is 24.3 Å². The second kappa shape index (κ2) is 8.76. The van der Waals surface area contributed by atoms with Crippen LogP contribution in [-0.4, -0.2) is 45.2 Å². The van der Waals surface area contributed by atoms with Crippen LogP contribution in [0, 0.1) is 0 Å². The van der Waals surface area contributed by atoms with Crippen molar-refractivity contribution in [1.29, 1.82) is 0 Å². The predicted molar refractivity (Wildman–Crippen MR) is 134 cm³/mol. The van der Waals surface area contributed by atoms with Gasteiger partial charge < -0.3 is 4.90 Å². The summed E-state index contributed by atoms with van der Waals surface area (Å²) in [5.41, 5.74) is 4.03. The summed E-state index contributed by atoms with van der Waals surface area (Å²) in [5.74, 6) is 0. The first-order chi connectivity index (χ1) is 16.0. The number of hydrogen-bond donors (Lipinski definition) is 0. The zero-order valence-corrected chi connectivity index (χ0v) is 19.7. The Hall–Kier alpha value is -2.96. The Kier molecular flexibility index (Phi) is 5.81. The van der Waals surface area contributed by atoms with Crippen LogP contribution in [0.2, 0.25) is 0 Å². The quantitative estimate of drug-likeness (QED) is 0.559. The smallest absolute Gasteiger partial charge is 0.302 e. The van der Waals surface area contributed by atoms with Crippen LogP contribution >= 0.6 is 0 Å². The van der Waals surface area contributed by atoms with Crippen molar-refractivity contribution in [2.24, 2.45) is 4.40 Å². The van der Waals surface area contributed by atoms with E-state index in [0.717, 1.165) is 43.7 Å². The van der Waals surface area contributed by atoms with Crippen molar-refractivity contribution in [3.05, 3.63) is 102 Å². The highest BCUT2D eigenvalue weighted by atomic mass is 32.2. The van der Waals surface area contributed by atoms with Gasteiger partial charge in [0.05, 0.1) is 11.9 Å². The summed E-state index contributed by atoms with van der Waals surface area (Å²) in [6.45, 7) is 4.88. The highest BCUT2D eigenvalue weighted by molar-refractivity contribution is 7.91. The topological polar surface area (TPSA) is 53.0 Å². The van der Waals surface area contributed by atoms with E-state index in [9.17, 15) is 8.42 Å². The fourth-order valence-corrected chi connectivity index (χ4v) is 6.55. The second-order valence-corrected chi connectivity index (χ2v) is 10.6. The highest BCUT2D eigenvalue weighted by Gasteiger charge is 2.37. The molecule has 1 fully saturated rings. The number of benzene rings is 3. The van der Waals surface area contributed by atoms with Crippen LogP contribution < -0.4 is 4.31 Å². The summed E-state index contributed by atoms with van der Waals surface area (Å²) < 4.78 is 31.1. The summed E-state index contributed by atoms with van der Waals surface area (Å²) in [6, 6.07) is 28.8. The van der Waals surface area contributed by atoms with Crippen molar-refractivity contribution in [3.63, 3.8) is 0 Å². The van der Waals surface area contributed by atoms with E-state index in [4.69, 9.17) is 0 Å². The SMILES string of the molecule is CC(CN1CCC(N2c3ccccc3C=NS2(=O)=O)CC1)(c1ccccc1)c1ccccc1. The Morgan fingerprint density at radius 1 is 0.848 bits per heavy atom. The first-order valence-corrected chi connectivity index (χ1v) is 12.9. The van der Waals surface area contributed by atoms with Gasteiger partial charge in [-0.3, -0.25) is 0 Å². The molecule has 170 valence electrons. The molecule has 0 bridgehead atoms. The number of para-hydroxylation sites is 1. The van der Waals surface area contributed by atoms with Crippen molar-refractivity contribution in [1.82, 2.24) is 4.90 Å². The summed E-state index contributed by atoms with van der Waals surface area (Å²) in [6.07, 6.45) is 3.02. The Bertz CT molecular complexity index is 1200. The normalized spacial score (nSPS) is 18.8. The Labute approximate surface area is 196 Å². The van der Waals surface area contributed by atoms with Crippen LogP contribution in [-0.2, 0) is 15.6 Å². The third-order valence-electron chi connectivity index (χ3n) is 7.00. The summed E-state index contributed by atoms with van der Waals surface area (Å²) in [5, 5.41) is 0. The van der Waals surface area contributed by atoms with Crippen molar-refractivity contribution in [3.8, 4) is 0 Å². The minimum absolute atomic E-state index is 0.0791. The molecule has 0 aliphatic carbocycles. The molecular weight excluding hydrogens is 430 g/mol. The lowest BCUT2D eigenvalue weighted by molar-refractivity contribution is 0.186. The predicted octanol–water partition coefficient (Wildman–Crippen LogP) is 4.64. The molecule has 0 radical (unpaired) electrons. The van der Waals surface area contributed by atoms with Gasteiger partial charge in [-0.15, -0.1) is 0 Å². The van der Waals surface area contributed by atoms with E-state index >= 15 is 0 Å². The van der Waals surface area contributed by atoms with Crippen molar-refractivity contribution < 1.29 is 8.42 Å². The van der Waals surface area contributed by atoms with Crippen molar-refractivity contribution in [2.75, 3.05) is 23.9 Å². The van der Waals surface area contributed by atoms with Gasteiger partial charge in [0.25, 0.3) is 0 Å². The molecule has 5 rings (SSSR count). The number of nitrogens with zero attached hydrogens (tertiary/aromatic N) is 3. The van der Waals surface area contributed by atoms with Crippen LogP contribution in [0.4, 0.5) is 5.69 Å². The minimum atomic E-state index is -3.69. The van der Waals surface area contributed by atoms with Crippen LogP contribution in [0.15, 0.2) is 89.3 Å². The lowest BCUT2D eigenvalue weighted by Crippen LogP contribution is -2.50. The molecule has 0 atom stereocenters. The monoisotopic (exact) mass is 459 g/mol. The van der Waals surface area contributed by atoms with Gasteiger partial charge >= 0.3 is 10.2 Å². The molecule has 0 spiro atoms. The molecule has 2 heterocycles. The number of hydrogen-bond acceptors (Lipinski definition) is 3. The van der Waals surface area contributed by atoms with Crippen molar-refractivity contribution in [2.45, 2.75) is 31.2 Å². The molecule has 0 N–H and O–H groups in total.